The van der Waals surface area contributed by atoms with Gasteiger partial charge >= 0.3 is 0 Å². The van der Waals surface area contributed by atoms with Crippen molar-refractivity contribution in [3.05, 3.63) is 0 Å². The third kappa shape index (κ3) is 7.63. The van der Waals surface area contributed by atoms with E-state index in [4.69, 9.17) is 6.42 Å². The molecule has 0 spiro atoms. The first-order chi connectivity index (χ1) is 6.70. The molecule has 1 amide bonds. The van der Waals surface area contributed by atoms with Crippen LogP contribution in [0.2, 0.25) is 0 Å². The van der Waals surface area contributed by atoms with Gasteiger partial charge in [-0.05, 0) is 13.3 Å². The first-order valence-electron chi connectivity index (χ1n) is 5.14. The van der Waals surface area contributed by atoms with E-state index in [-0.39, 0.29) is 11.9 Å². The molecule has 0 aromatic heterocycles. The molecule has 0 bridgehead atoms. The highest BCUT2D eigenvalue weighted by Gasteiger charge is 2.04. The van der Waals surface area contributed by atoms with Gasteiger partial charge in [-0.25, -0.2) is 0 Å². The molecular weight excluding hydrogens is 176 g/mol. The van der Waals surface area contributed by atoms with Gasteiger partial charge in [0.05, 0.1) is 6.54 Å². The molecule has 0 aliphatic rings. The molecule has 1 atom stereocenters. The maximum atomic E-state index is 11.3. The molecule has 0 fully saturated rings. The van der Waals surface area contributed by atoms with Crippen LogP contribution in [0, 0.1) is 12.3 Å². The highest BCUT2D eigenvalue weighted by Crippen LogP contribution is 1.93. The minimum Gasteiger partial charge on any atom is -0.353 e. The van der Waals surface area contributed by atoms with Gasteiger partial charge in [-0.1, -0.05) is 13.3 Å². The topological polar surface area (TPSA) is 41.1 Å². The number of carbonyl (C=O) groups excluding carboxylic acids is 1. The fraction of sp³-hybridized carbons (Fsp3) is 0.727. The monoisotopic (exact) mass is 196 g/mol. The van der Waals surface area contributed by atoms with E-state index in [1.807, 2.05) is 6.92 Å². The molecule has 1 unspecified atom stereocenters. The summed E-state index contributed by atoms with van der Waals surface area (Å²) in [6.07, 6.45) is 7.85. The number of hydrogen-bond acceptors (Lipinski definition) is 2. The van der Waals surface area contributed by atoms with Crippen molar-refractivity contribution in [2.75, 3.05) is 13.1 Å². The maximum Gasteiger partial charge on any atom is 0.234 e. The Labute approximate surface area is 86.6 Å². The van der Waals surface area contributed by atoms with Crippen LogP contribution in [-0.4, -0.2) is 25.0 Å². The summed E-state index contributed by atoms with van der Waals surface area (Å²) >= 11 is 0. The summed E-state index contributed by atoms with van der Waals surface area (Å²) in [6, 6.07) is 0.266. The maximum absolute atomic E-state index is 11.3. The van der Waals surface area contributed by atoms with E-state index < -0.39 is 0 Å². The third-order valence-electron chi connectivity index (χ3n) is 1.86. The lowest BCUT2D eigenvalue weighted by molar-refractivity contribution is -0.120. The van der Waals surface area contributed by atoms with Crippen molar-refractivity contribution in [1.29, 1.82) is 0 Å². The highest BCUT2D eigenvalue weighted by molar-refractivity contribution is 5.78. The third-order valence-corrected chi connectivity index (χ3v) is 1.86. The molecular formula is C11H20N2O. The van der Waals surface area contributed by atoms with Gasteiger partial charge in [-0.15, -0.1) is 12.3 Å². The molecule has 3 nitrogen and oxygen atoms in total. The zero-order valence-electron chi connectivity index (χ0n) is 9.10. The second-order valence-corrected chi connectivity index (χ2v) is 3.39. The van der Waals surface area contributed by atoms with Crippen LogP contribution >= 0.6 is 0 Å². The normalized spacial score (nSPS) is 11.8. The van der Waals surface area contributed by atoms with Crippen LogP contribution in [0.1, 0.15) is 33.1 Å². The van der Waals surface area contributed by atoms with Crippen molar-refractivity contribution in [2.24, 2.45) is 0 Å². The van der Waals surface area contributed by atoms with Crippen LogP contribution in [0.3, 0.4) is 0 Å². The number of nitrogens with one attached hydrogen (secondary N) is 2. The SMILES string of the molecule is C#CCCNCC(=O)NC(C)CCC. The van der Waals surface area contributed by atoms with Crippen molar-refractivity contribution >= 4 is 5.91 Å². The van der Waals surface area contributed by atoms with E-state index >= 15 is 0 Å². The Morgan fingerprint density at radius 3 is 2.86 bits per heavy atom. The second kappa shape index (κ2) is 8.58. The zero-order valence-corrected chi connectivity index (χ0v) is 9.10. The van der Waals surface area contributed by atoms with Crippen LogP contribution in [-0.2, 0) is 4.79 Å². The van der Waals surface area contributed by atoms with E-state index in [1.165, 1.54) is 0 Å². The van der Waals surface area contributed by atoms with E-state index in [9.17, 15) is 4.79 Å². The smallest absolute Gasteiger partial charge is 0.234 e. The van der Waals surface area contributed by atoms with Gasteiger partial charge < -0.3 is 10.6 Å². The Kier molecular flexibility index (Phi) is 7.96. The average molecular weight is 196 g/mol. The van der Waals surface area contributed by atoms with E-state index in [1.54, 1.807) is 0 Å². The van der Waals surface area contributed by atoms with E-state index in [0.717, 1.165) is 12.8 Å². The number of hydrogen-bond donors (Lipinski definition) is 2. The fourth-order valence-corrected chi connectivity index (χ4v) is 1.19. The van der Waals surface area contributed by atoms with Crippen LogP contribution in [0.25, 0.3) is 0 Å². The minimum atomic E-state index is 0.0444. The van der Waals surface area contributed by atoms with Gasteiger partial charge in [0.25, 0.3) is 0 Å². The summed E-state index contributed by atoms with van der Waals surface area (Å²) in [4.78, 5) is 11.3. The van der Waals surface area contributed by atoms with Gasteiger partial charge in [0.1, 0.15) is 0 Å². The largest absolute Gasteiger partial charge is 0.353 e. The van der Waals surface area contributed by atoms with Crippen LogP contribution in [0.4, 0.5) is 0 Å². The van der Waals surface area contributed by atoms with Crippen LogP contribution in [0.15, 0.2) is 0 Å². The second-order valence-electron chi connectivity index (χ2n) is 3.39. The molecule has 0 aliphatic heterocycles. The molecule has 14 heavy (non-hydrogen) atoms. The van der Waals surface area contributed by atoms with Crippen molar-refractivity contribution in [1.82, 2.24) is 10.6 Å². The standard InChI is InChI=1S/C11H20N2O/c1-4-6-8-12-9-11(14)13-10(3)7-5-2/h1,10,12H,5-9H2,2-3H3,(H,13,14). The van der Waals surface area contributed by atoms with Crippen molar-refractivity contribution in [2.45, 2.75) is 39.2 Å². The quantitative estimate of drug-likeness (QED) is 0.469. The van der Waals surface area contributed by atoms with Crippen molar-refractivity contribution < 1.29 is 4.79 Å². The van der Waals surface area contributed by atoms with Gasteiger partial charge in [0, 0.05) is 19.0 Å². The van der Waals surface area contributed by atoms with Crippen molar-refractivity contribution in [3.8, 4) is 12.3 Å². The van der Waals surface area contributed by atoms with Gasteiger partial charge in [-0.2, -0.15) is 0 Å². The van der Waals surface area contributed by atoms with Crippen molar-refractivity contribution in [3.63, 3.8) is 0 Å². The Balaban J connectivity index is 3.41. The lowest BCUT2D eigenvalue weighted by Crippen LogP contribution is -2.39. The Morgan fingerprint density at radius 1 is 1.57 bits per heavy atom. The summed E-state index contributed by atoms with van der Waals surface area (Å²) < 4.78 is 0. The molecule has 0 saturated carbocycles. The number of carbonyl (C=O) groups is 1. The van der Waals surface area contributed by atoms with E-state index in [2.05, 4.69) is 23.5 Å². The summed E-state index contributed by atoms with van der Waals surface area (Å²) in [5.41, 5.74) is 0. The lowest BCUT2D eigenvalue weighted by Gasteiger charge is -2.12. The van der Waals surface area contributed by atoms with Gasteiger partial charge in [0.2, 0.25) is 5.91 Å². The van der Waals surface area contributed by atoms with Crippen LogP contribution in [0.5, 0.6) is 0 Å². The Hall–Kier alpha value is -1.01. The number of terminal acetylenes is 1. The summed E-state index contributed by atoms with van der Waals surface area (Å²) in [5, 5.41) is 5.88. The first kappa shape index (κ1) is 13.0. The zero-order chi connectivity index (χ0) is 10.8. The summed E-state index contributed by atoms with van der Waals surface area (Å²) in [5.74, 6) is 2.55. The molecule has 0 aromatic rings. The molecule has 0 radical (unpaired) electrons. The average Bonchev–Trinajstić information content (AvgIpc) is 2.13. The molecule has 0 saturated heterocycles. The predicted molar refractivity (Wildman–Crippen MR) is 58.8 cm³/mol. The molecule has 3 heteroatoms. The predicted octanol–water partition coefficient (Wildman–Crippen LogP) is 0.904. The van der Waals surface area contributed by atoms with Crippen LogP contribution < -0.4 is 10.6 Å². The molecule has 0 rings (SSSR count). The highest BCUT2D eigenvalue weighted by atomic mass is 16.1. The molecule has 80 valence electrons. The number of amides is 1. The summed E-state index contributed by atoms with van der Waals surface area (Å²) in [6.45, 7) is 5.18. The van der Waals surface area contributed by atoms with E-state index in [0.29, 0.717) is 19.5 Å². The number of rotatable bonds is 7. The molecule has 0 aliphatic carbocycles. The molecule has 0 heterocycles. The fourth-order valence-electron chi connectivity index (χ4n) is 1.19. The lowest BCUT2D eigenvalue weighted by atomic mass is 10.2. The van der Waals surface area contributed by atoms with Gasteiger partial charge in [-0.3, -0.25) is 4.79 Å². The molecule has 2 N–H and O–H groups in total. The van der Waals surface area contributed by atoms with Gasteiger partial charge in [0.15, 0.2) is 0 Å². The minimum absolute atomic E-state index is 0.0444. The Morgan fingerprint density at radius 2 is 2.29 bits per heavy atom. The summed E-state index contributed by atoms with van der Waals surface area (Å²) in [7, 11) is 0. The molecule has 0 aromatic carbocycles. The Bertz CT molecular complexity index is 196. The first-order valence-corrected chi connectivity index (χ1v) is 5.14.